The van der Waals surface area contributed by atoms with Gasteiger partial charge in [-0.05, 0) is 44.3 Å². The summed E-state index contributed by atoms with van der Waals surface area (Å²) in [4.78, 5) is 13.9. The van der Waals surface area contributed by atoms with Crippen molar-refractivity contribution in [2.75, 3.05) is 24.6 Å². The third-order valence-corrected chi connectivity index (χ3v) is 4.35. The molecule has 1 heterocycles. The topological polar surface area (TPSA) is 46.3 Å². The minimum Gasteiger partial charge on any atom is -0.342 e. The van der Waals surface area contributed by atoms with Crippen molar-refractivity contribution in [2.45, 2.75) is 51.5 Å². The number of amides is 1. The van der Waals surface area contributed by atoms with Gasteiger partial charge in [0.1, 0.15) is 0 Å². The smallest absolute Gasteiger partial charge is 0.232 e. The molecule has 100 valence electrons. The highest BCUT2D eigenvalue weighted by Crippen LogP contribution is 2.12. The van der Waals surface area contributed by atoms with Crippen molar-refractivity contribution < 1.29 is 4.79 Å². The molecule has 1 atom stereocenters. The monoisotopic (exact) mass is 258 g/mol. The molecule has 2 N–H and O–H groups in total. The van der Waals surface area contributed by atoms with E-state index in [0.717, 1.165) is 38.1 Å². The number of hydrogen-bond acceptors (Lipinski definition) is 3. The van der Waals surface area contributed by atoms with Gasteiger partial charge in [0.25, 0.3) is 0 Å². The van der Waals surface area contributed by atoms with Gasteiger partial charge < -0.3 is 10.6 Å². The molecule has 0 radical (unpaired) electrons. The summed E-state index contributed by atoms with van der Waals surface area (Å²) in [5.41, 5.74) is 5.85. The van der Waals surface area contributed by atoms with Crippen LogP contribution in [-0.2, 0) is 4.79 Å². The molecular weight excluding hydrogens is 232 g/mol. The Hall–Kier alpha value is -0.220. The second-order valence-corrected chi connectivity index (χ2v) is 5.91. The van der Waals surface area contributed by atoms with Gasteiger partial charge in [0.05, 0.1) is 5.75 Å². The highest BCUT2D eigenvalue weighted by molar-refractivity contribution is 7.99. The third-order valence-electron chi connectivity index (χ3n) is 3.32. The van der Waals surface area contributed by atoms with Crippen molar-refractivity contribution in [3.63, 3.8) is 0 Å². The van der Waals surface area contributed by atoms with E-state index in [2.05, 4.69) is 6.92 Å². The van der Waals surface area contributed by atoms with Crippen LogP contribution in [0.3, 0.4) is 0 Å². The van der Waals surface area contributed by atoms with Gasteiger partial charge in [-0.3, -0.25) is 4.79 Å². The molecule has 0 aliphatic carbocycles. The molecule has 0 saturated carbocycles. The van der Waals surface area contributed by atoms with E-state index in [1.54, 1.807) is 11.8 Å². The number of rotatable bonds is 7. The van der Waals surface area contributed by atoms with E-state index >= 15 is 0 Å². The van der Waals surface area contributed by atoms with Gasteiger partial charge in [0.2, 0.25) is 5.91 Å². The lowest BCUT2D eigenvalue weighted by Gasteiger charge is -2.26. The molecule has 1 aliphatic rings. The van der Waals surface area contributed by atoms with Crippen molar-refractivity contribution in [3.05, 3.63) is 0 Å². The van der Waals surface area contributed by atoms with Crippen LogP contribution in [0.1, 0.15) is 45.4 Å². The van der Waals surface area contributed by atoms with E-state index in [9.17, 15) is 4.79 Å². The molecule has 0 spiro atoms. The first-order chi connectivity index (χ1) is 8.24. The van der Waals surface area contributed by atoms with E-state index in [1.165, 1.54) is 19.3 Å². The molecule has 1 unspecified atom stereocenters. The second kappa shape index (κ2) is 8.81. The largest absolute Gasteiger partial charge is 0.342 e. The van der Waals surface area contributed by atoms with Crippen LogP contribution in [0.4, 0.5) is 0 Å². The van der Waals surface area contributed by atoms with Gasteiger partial charge in [-0.15, -0.1) is 0 Å². The standard InChI is InChI=1S/C13H26N2OS/c1-2-12(14)7-6-10-17-11-13(16)15-8-4-3-5-9-15/h12H,2-11,14H2,1H3. The first-order valence-corrected chi connectivity index (χ1v) is 8.00. The fourth-order valence-corrected chi connectivity index (χ4v) is 2.92. The lowest BCUT2D eigenvalue weighted by atomic mass is 10.1. The second-order valence-electron chi connectivity index (χ2n) is 4.80. The Morgan fingerprint density at radius 1 is 1.35 bits per heavy atom. The molecule has 17 heavy (non-hydrogen) atoms. The van der Waals surface area contributed by atoms with Crippen molar-refractivity contribution >= 4 is 17.7 Å². The van der Waals surface area contributed by atoms with Gasteiger partial charge >= 0.3 is 0 Å². The quantitative estimate of drug-likeness (QED) is 0.712. The van der Waals surface area contributed by atoms with Gasteiger partial charge in [-0.2, -0.15) is 11.8 Å². The maximum atomic E-state index is 11.8. The Kier molecular flexibility index (Phi) is 7.69. The summed E-state index contributed by atoms with van der Waals surface area (Å²) in [6, 6.07) is 0.341. The molecule has 1 amide bonds. The van der Waals surface area contributed by atoms with Crippen LogP contribution in [0.15, 0.2) is 0 Å². The fraction of sp³-hybridized carbons (Fsp3) is 0.923. The molecule has 1 saturated heterocycles. The normalized spacial score (nSPS) is 18.1. The fourth-order valence-electron chi connectivity index (χ4n) is 2.05. The maximum absolute atomic E-state index is 11.8. The molecule has 3 nitrogen and oxygen atoms in total. The van der Waals surface area contributed by atoms with Crippen LogP contribution in [0, 0.1) is 0 Å². The molecule has 1 fully saturated rings. The minimum atomic E-state index is 0.328. The molecule has 4 heteroatoms. The van der Waals surface area contributed by atoms with E-state index in [0.29, 0.717) is 17.7 Å². The van der Waals surface area contributed by atoms with Crippen LogP contribution in [-0.4, -0.2) is 41.4 Å². The Bertz CT molecular complexity index is 217. The summed E-state index contributed by atoms with van der Waals surface area (Å²) in [5, 5.41) is 0. The SMILES string of the molecule is CCC(N)CCCSCC(=O)N1CCCCC1. The summed E-state index contributed by atoms with van der Waals surface area (Å²) in [5.74, 6) is 2.05. The highest BCUT2D eigenvalue weighted by atomic mass is 32.2. The highest BCUT2D eigenvalue weighted by Gasteiger charge is 2.15. The zero-order valence-corrected chi connectivity index (χ0v) is 11.8. The van der Waals surface area contributed by atoms with E-state index in [-0.39, 0.29) is 0 Å². The summed E-state index contributed by atoms with van der Waals surface area (Å²) in [6.07, 6.45) is 6.92. The van der Waals surface area contributed by atoms with Gasteiger partial charge in [-0.1, -0.05) is 6.92 Å². The van der Waals surface area contributed by atoms with Crippen molar-refractivity contribution in [3.8, 4) is 0 Å². The molecule has 0 aromatic carbocycles. The number of hydrogen-bond donors (Lipinski definition) is 1. The van der Waals surface area contributed by atoms with Crippen LogP contribution < -0.4 is 5.73 Å². The average Bonchev–Trinajstić information content (AvgIpc) is 2.38. The molecule has 0 aromatic rings. The zero-order valence-electron chi connectivity index (χ0n) is 11.0. The number of carbonyl (C=O) groups is 1. The molecular formula is C13H26N2OS. The zero-order chi connectivity index (χ0) is 12.5. The lowest BCUT2D eigenvalue weighted by molar-refractivity contribution is -0.129. The minimum absolute atomic E-state index is 0.328. The predicted molar refractivity (Wildman–Crippen MR) is 75.3 cm³/mol. The van der Waals surface area contributed by atoms with Gasteiger partial charge in [-0.25, -0.2) is 0 Å². The Labute approximate surface area is 109 Å². The van der Waals surface area contributed by atoms with E-state index < -0.39 is 0 Å². The van der Waals surface area contributed by atoms with E-state index in [1.807, 2.05) is 4.90 Å². The van der Waals surface area contributed by atoms with Crippen molar-refractivity contribution in [1.29, 1.82) is 0 Å². The van der Waals surface area contributed by atoms with E-state index in [4.69, 9.17) is 5.73 Å². The Balaban J connectivity index is 2.00. The van der Waals surface area contributed by atoms with Crippen LogP contribution in [0.5, 0.6) is 0 Å². The number of carbonyl (C=O) groups excluding carboxylic acids is 1. The number of likely N-dealkylation sites (tertiary alicyclic amines) is 1. The third kappa shape index (κ3) is 6.32. The molecule has 0 bridgehead atoms. The molecule has 0 aromatic heterocycles. The van der Waals surface area contributed by atoms with Gasteiger partial charge in [0.15, 0.2) is 0 Å². The van der Waals surface area contributed by atoms with Crippen LogP contribution in [0.25, 0.3) is 0 Å². The summed E-state index contributed by atoms with van der Waals surface area (Å²) in [7, 11) is 0. The average molecular weight is 258 g/mol. The number of thioether (sulfide) groups is 1. The number of nitrogens with two attached hydrogens (primary N) is 1. The lowest BCUT2D eigenvalue weighted by Crippen LogP contribution is -2.36. The van der Waals surface area contributed by atoms with Crippen molar-refractivity contribution in [1.82, 2.24) is 4.90 Å². The summed E-state index contributed by atoms with van der Waals surface area (Å²) >= 11 is 1.76. The number of piperidine rings is 1. The first-order valence-electron chi connectivity index (χ1n) is 6.85. The first kappa shape index (κ1) is 14.8. The summed E-state index contributed by atoms with van der Waals surface area (Å²) in [6.45, 7) is 4.07. The van der Waals surface area contributed by atoms with Crippen molar-refractivity contribution in [2.24, 2.45) is 5.73 Å². The maximum Gasteiger partial charge on any atom is 0.232 e. The molecule has 1 aliphatic heterocycles. The predicted octanol–water partition coefficient (Wildman–Crippen LogP) is 2.25. The number of nitrogens with zero attached hydrogens (tertiary/aromatic N) is 1. The van der Waals surface area contributed by atoms with Gasteiger partial charge in [0, 0.05) is 19.1 Å². The Morgan fingerprint density at radius 3 is 2.71 bits per heavy atom. The van der Waals surface area contributed by atoms with Crippen LogP contribution >= 0.6 is 11.8 Å². The Morgan fingerprint density at radius 2 is 2.06 bits per heavy atom. The summed E-state index contributed by atoms with van der Waals surface area (Å²) < 4.78 is 0. The molecule has 1 rings (SSSR count). The van der Waals surface area contributed by atoms with Crippen LogP contribution in [0.2, 0.25) is 0 Å².